The largest absolute Gasteiger partial charge is 0.351 e. The maximum atomic E-state index is 11.5. The maximum absolute atomic E-state index is 11.5. The number of hydrogen-bond acceptors (Lipinski definition) is 3. The van der Waals surface area contributed by atoms with Gasteiger partial charge in [-0.25, -0.2) is 9.69 Å². The summed E-state index contributed by atoms with van der Waals surface area (Å²) in [6.45, 7) is 0. The highest BCUT2D eigenvalue weighted by Crippen LogP contribution is 2.32. The zero-order valence-electron chi connectivity index (χ0n) is 8.19. The number of fused-ring (bicyclic) bond motifs is 1. The van der Waals surface area contributed by atoms with E-state index in [-0.39, 0.29) is 12.3 Å². The Hall–Kier alpha value is -1.49. The van der Waals surface area contributed by atoms with Crippen molar-refractivity contribution in [3.05, 3.63) is 23.8 Å². The van der Waals surface area contributed by atoms with Gasteiger partial charge in [-0.2, -0.15) is 0 Å². The normalized spacial score (nSPS) is 14.2. The summed E-state index contributed by atoms with van der Waals surface area (Å²) in [5.74, 6) is -0.254. The molecule has 1 aromatic rings. The van der Waals surface area contributed by atoms with Crippen LogP contribution in [0.2, 0.25) is 0 Å². The number of benzene rings is 1. The Morgan fingerprint density at radius 1 is 1.53 bits per heavy atom. The van der Waals surface area contributed by atoms with Gasteiger partial charge in [-0.15, -0.1) is 11.8 Å². The lowest BCUT2D eigenvalue weighted by molar-refractivity contribution is -0.116. The number of imide groups is 1. The number of carbonyl (C=O) groups excluding carboxylic acids is 2. The van der Waals surface area contributed by atoms with E-state index in [9.17, 15) is 9.59 Å². The molecule has 1 aliphatic heterocycles. The van der Waals surface area contributed by atoms with Crippen LogP contribution in [0.3, 0.4) is 0 Å². The van der Waals surface area contributed by atoms with Crippen molar-refractivity contribution >= 4 is 29.4 Å². The molecule has 0 saturated carbocycles. The summed E-state index contributed by atoms with van der Waals surface area (Å²) in [7, 11) is 0. The summed E-state index contributed by atoms with van der Waals surface area (Å²) < 4.78 is 0. The van der Waals surface area contributed by atoms with E-state index >= 15 is 0 Å². The number of primary amides is 1. The Kier molecular flexibility index (Phi) is 2.40. The van der Waals surface area contributed by atoms with Crippen LogP contribution < -0.4 is 10.6 Å². The van der Waals surface area contributed by atoms with Gasteiger partial charge in [0.1, 0.15) is 0 Å². The quantitative estimate of drug-likeness (QED) is 0.730. The second kappa shape index (κ2) is 3.58. The lowest BCUT2D eigenvalue weighted by Gasteiger charge is -2.12. The highest BCUT2D eigenvalue weighted by atomic mass is 32.2. The van der Waals surface area contributed by atoms with Gasteiger partial charge in [0.2, 0.25) is 5.91 Å². The van der Waals surface area contributed by atoms with E-state index in [0.29, 0.717) is 5.69 Å². The van der Waals surface area contributed by atoms with E-state index in [1.165, 1.54) is 0 Å². The van der Waals surface area contributed by atoms with Gasteiger partial charge >= 0.3 is 6.03 Å². The summed E-state index contributed by atoms with van der Waals surface area (Å²) in [5, 5.41) is 0. The molecule has 1 aromatic carbocycles. The number of rotatable bonds is 1. The molecule has 4 nitrogen and oxygen atoms in total. The maximum Gasteiger partial charge on any atom is 0.326 e. The molecule has 1 heterocycles. The fourth-order valence-electron chi connectivity index (χ4n) is 1.65. The molecule has 2 N–H and O–H groups in total. The predicted molar refractivity (Wildman–Crippen MR) is 59.0 cm³/mol. The van der Waals surface area contributed by atoms with Crippen LogP contribution in [0.15, 0.2) is 23.1 Å². The Morgan fingerprint density at radius 3 is 2.87 bits per heavy atom. The number of nitrogens with zero attached hydrogens (tertiary/aromatic N) is 1. The summed E-state index contributed by atoms with van der Waals surface area (Å²) in [6.07, 6.45) is 2.19. The van der Waals surface area contributed by atoms with Crippen molar-refractivity contribution in [2.45, 2.75) is 11.3 Å². The van der Waals surface area contributed by atoms with E-state index < -0.39 is 6.03 Å². The molecule has 0 spiro atoms. The Labute approximate surface area is 91.4 Å². The summed E-state index contributed by atoms with van der Waals surface area (Å²) in [5.41, 5.74) is 6.64. The van der Waals surface area contributed by atoms with Crippen molar-refractivity contribution in [3.63, 3.8) is 0 Å². The zero-order chi connectivity index (χ0) is 11.0. The molecule has 15 heavy (non-hydrogen) atoms. The molecule has 0 bridgehead atoms. The molecule has 1 aliphatic rings. The monoisotopic (exact) mass is 222 g/mol. The van der Waals surface area contributed by atoms with Crippen LogP contribution in [0, 0.1) is 0 Å². The molecule has 0 fully saturated rings. The first-order valence-corrected chi connectivity index (χ1v) is 5.65. The minimum absolute atomic E-state index is 0.254. The Morgan fingerprint density at radius 2 is 2.27 bits per heavy atom. The van der Waals surface area contributed by atoms with Crippen LogP contribution in [-0.2, 0) is 11.2 Å². The first-order valence-electron chi connectivity index (χ1n) is 4.43. The van der Waals surface area contributed by atoms with E-state index in [2.05, 4.69) is 0 Å². The average Bonchev–Trinajstić information content (AvgIpc) is 2.52. The van der Waals surface area contributed by atoms with Crippen molar-refractivity contribution in [2.75, 3.05) is 11.2 Å². The summed E-state index contributed by atoms with van der Waals surface area (Å²) in [4.78, 5) is 24.6. The lowest BCUT2D eigenvalue weighted by atomic mass is 10.2. The van der Waals surface area contributed by atoms with Crippen molar-refractivity contribution in [1.82, 2.24) is 0 Å². The van der Waals surface area contributed by atoms with Crippen LogP contribution >= 0.6 is 11.8 Å². The van der Waals surface area contributed by atoms with E-state index in [4.69, 9.17) is 5.73 Å². The molecule has 0 saturated heterocycles. The van der Waals surface area contributed by atoms with Crippen LogP contribution in [0.4, 0.5) is 10.5 Å². The van der Waals surface area contributed by atoms with Gasteiger partial charge in [0, 0.05) is 4.90 Å². The number of amides is 3. The number of anilines is 1. The third-order valence-corrected chi connectivity index (χ3v) is 3.07. The van der Waals surface area contributed by atoms with Crippen LogP contribution in [0.25, 0.3) is 0 Å². The number of carbonyl (C=O) groups is 2. The average molecular weight is 222 g/mol. The second-order valence-electron chi connectivity index (χ2n) is 3.24. The smallest absolute Gasteiger partial charge is 0.326 e. The van der Waals surface area contributed by atoms with Gasteiger partial charge in [-0.1, -0.05) is 6.07 Å². The molecular weight excluding hydrogens is 212 g/mol. The molecular formula is C10H10N2O2S. The van der Waals surface area contributed by atoms with E-state index in [1.807, 2.05) is 24.5 Å². The molecule has 5 heteroatoms. The molecule has 0 radical (unpaired) electrons. The Balaban J connectivity index is 2.50. The third-order valence-electron chi connectivity index (χ3n) is 2.34. The summed E-state index contributed by atoms with van der Waals surface area (Å²) in [6, 6.07) is 4.90. The molecule has 0 unspecified atom stereocenters. The van der Waals surface area contributed by atoms with Crippen LogP contribution in [0.5, 0.6) is 0 Å². The predicted octanol–water partition coefficient (Wildman–Crippen LogP) is 1.38. The van der Waals surface area contributed by atoms with Crippen molar-refractivity contribution < 1.29 is 9.59 Å². The van der Waals surface area contributed by atoms with E-state index in [0.717, 1.165) is 15.4 Å². The molecule has 2 rings (SSSR count). The highest BCUT2D eigenvalue weighted by molar-refractivity contribution is 7.98. The summed E-state index contributed by atoms with van der Waals surface area (Å²) >= 11 is 1.56. The highest BCUT2D eigenvalue weighted by Gasteiger charge is 2.30. The number of urea groups is 1. The van der Waals surface area contributed by atoms with Crippen LogP contribution in [-0.4, -0.2) is 18.2 Å². The number of hydrogen-bond donors (Lipinski definition) is 1. The van der Waals surface area contributed by atoms with Gasteiger partial charge < -0.3 is 5.73 Å². The van der Waals surface area contributed by atoms with Crippen LogP contribution in [0.1, 0.15) is 5.56 Å². The lowest BCUT2D eigenvalue weighted by Crippen LogP contribution is -2.38. The molecule has 78 valence electrons. The fraction of sp³-hybridized carbons (Fsp3) is 0.200. The van der Waals surface area contributed by atoms with Gasteiger partial charge in [-0.3, -0.25) is 4.79 Å². The minimum Gasteiger partial charge on any atom is -0.351 e. The van der Waals surface area contributed by atoms with Crippen molar-refractivity contribution in [3.8, 4) is 0 Å². The Bertz CT molecular complexity index is 445. The second-order valence-corrected chi connectivity index (χ2v) is 4.12. The molecule has 0 atom stereocenters. The fourth-order valence-corrected chi connectivity index (χ4v) is 2.08. The molecule has 0 aromatic heterocycles. The van der Waals surface area contributed by atoms with Gasteiger partial charge in [0.15, 0.2) is 0 Å². The van der Waals surface area contributed by atoms with Gasteiger partial charge in [0.25, 0.3) is 0 Å². The molecule has 0 aliphatic carbocycles. The first kappa shape index (κ1) is 10.0. The number of thioether (sulfide) groups is 1. The zero-order valence-corrected chi connectivity index (χ0v) is 9.00. The van der Waals surface area contributed by atoms with Gasteiger partial charge in [0.05, 0.1) is 12.1 Å². The van der Waals surface area contributed by atoms with E-state index in [1.54, 1.807) is 11.8 Å². The minimum atomic E-state index is -0.711. The standard InChI is InChI=1S/C10H10N2O2S/c1-15-7-3-2-6-4-9(13)12(10(11)14)8(6)5-7/h2-3,5H,4H2,1H3,(H2,11,14). The number of nitrogens with two attached hydrogens (primary N) is 1. The first-order chi connectivity index (χ1) is 7.13. The molecule has 3 amide bonds. The van der Waals surface area contributed by atoms with Crippen molar-refractivity contribution in [1.29, 1.82) is 0 Å². The topological polar surface area (TPSA) is 63.4 Å². The third kappa shape index (κ3) is 1.59. The van der Waals surface area contributed by atoms with Gasteiger partial charge in [-0.05, 0) is 24.0 Å². The van der Waals surface area contributed by atoms with Crippen molar-refractivity contribution in [2.24, 2.45) is 5.73 Å². The SMILES string of the molecule is CSc1ccc2c(c1)N(C(N)=O)C(=O)C2.